The number of halogens is 1. The number of pyridine rings is 1. The average Bonchev–Trinajstić information content (AvgIpc) is 2.70. The summed E-state index contributed by atoms with van der Waals surface area (Å²) in [7, 11) is 0. The van der Waals surface area contributed by atoms with Crippen LogP contribution in [0.5, 0.6) is 5.75 Å². The largest absolute Gasteiger partial charge is 0.484 e. The van der Waals surface area contributed by atoms with Gasteiger partial charge in [-0.1, -0.05) is 41.9 Å². The Balaban J connectivity index is 1.52. The summed E-state index contributed by atoms with van der Waals surface area (Å²) in [5, 5.41) is 5.10. The van der Waals surface area contributed by atoms with E-state index in [1.54, 1.807) is 25.1 Å². The fourth-order valence-electron chi connectivity index (χ4n) is 2.95. The first kappa shape index (κ1) is 18.0. The number of anilines is 1. The molecule has 6 nitrogen and oxygen atoms in total. The first-order chi connectivity index (χ1) is 13.5. The van der Waals surface area contributed by atoms with E-state index in [2.05, 4.69) is 10.3 Å². The van der Waals surface area contributed by atoms with Gasteiger partial charge in [-0.15, -0.1) is 0 Å². The van der Waals surface area contributed by atoms with Crippen molar-refractivity contribution in [2.75, 3.05) is 11.9 Å². The second-order valence-corrected chi connectivity index (χ2v) is 6.74. The SMILES string of the molecule is Cc1nc2ccc(Cl)cn2c(=O)c1NC(=O)COc1ccc2ccccc2c1. The summed E-state index contributed by atoms with van der Waals surface area (Å²) in [5.41, 5.74) is 0.583. The van der Waals surface area contributed by atoms with E-state index in [4.69, 9.17) is 16.3 Å². The van der Waals surface area contributed by atoms with Crippen LogP contribution in [0.3, 0.4) is 0 Å². The lowest BCUT2D eigenvalue weighted by atomic mass is 10.1. The van der Waals surface area contributed by atoms with Crippen molar-refractivity contribution in [3.8, 4) is 5.75 Å². The van der Waals surface area contributed by atoms with E-state index in [0.717, 1.165) is 10.8 Å². The zero-order valence-corrected chi connectivity index (χ0v) is 15.7. The van der Waals surface area contributed by atoms with Crippen molar-refractivity contribution in [3.05, 3.63) is 81.9 Å². The highest BCUT2D eigenvalue weighted by molar-refractivity contribution is 6.30. The van der Waals surface area contributed by atoms with Gasteiger partial charge in [0.1, 0.15) is 17.1 Å². The molecular formula is C21H16ClN3O3. The van der Waals surface area contributed by atoms with Gasteiger partial charge in [0.25, 0.3) is 11.5 Å². The van der Waals surface area contributed by atoms with Crippen LogP contribution in [-0.4, -0.2) is 21.9 Å². The Kier molecular flexibility index (Phi) is 4.71. The number of hydrogen-bond donors (Lipinski definition) is 1. The Hall–Kier alpha value is -3.38. The number of hydrogen-bond acceptors (Lipinski definition) is 4. The Morgan fingerprint density at radius 1 is 1.14 bits per heavy atom. The molecule has 0 fully saturated rings. The summed E-state index contributed by atoms with van der Waals surface area (Å²) in [6, 6.07) is 16.8. The van der Waals surface area contributed by atoms with E-state index >= 15 is 0 Å². The van der Waals surface area contributed by atoms with Crippen LogP contribution in [0, 0.1) is 6.92 Å². The molecule has 0 aliphatic rings. The molecule has 0 saturated heterocycles. The Morgan fingerprint density at radius 2 is 1.93 bits per heavy atom. The average molecular weight is 394 g/mol. The van der Waals surface area contributed by atoms with Crippen molar-refractivity contribution in [2.45, 2.75) is 6.92 Å². The van der Waals surface area contributed by atoms with Crippen LogP contribution < -0.4 is 15.6 Å². The lowest BCUT2D eigenvalue weighted by Crippen LogP contribution is -2.28. The summed E-state index contributed by atoms with van der Waals surface area (Å²) < 4.78 is 6.87. The molecule has 7 heteroatoms. The van der Waals surface area contributed by atoms with Crippen molar-refractivity contribution in [1.82, 2.24) is 9.38 Å². The number of nitrogens with one attached hydrogen (secondary N) is 1. The van der Waals surface area contributed by atoms with Gasteiger partial charge in [-0.05, 0) is 42.0 Å². The zero-order valence-electron chi connectivity index (χ0n) is 15.0. The fraction of sp³-hybridized carbons (Fsp3) is 0.0952. The number of ether oxygens (including phenoxy) is 1. The van der Waals surface area contributed by atoms with Crippen LogP contribution in [0.25, 0.3) is 16.4 Å². The maximum absolute atomic E-state index is 12.7. The van der Waals surface area contributed by atoms with E-state index in [1.807, 2.05) is 36.4 Å². The standard InChI is InChI=1S/C21H16ClN3O3/c1-13-20(21(27)25-11-16(22)7-9-18(25)23-13)24-19(26)12-28-17-8-6-14-4-2-3-5-15(14)10-17/h2-11H,12H2,1H3,(H,24,26). The number of aromatic nitrogens is 2. The van der Waals surface area contributed by atoms with Crippen molar-refractivity contribution >= 4 is 39.6 Å². The number of benzene rings is 2. The number of rotatable bonds is 4. The monoisotopic (exact) mass is 393 g/mol. The molecule has 4 rings (SSSR count). The molecule has 2 aromatic heterocycles. The third-order valence-corrected chi connectivity index (χ3v) is 4.55. The van der Waals surface area contributed by atoms with Crippen LogP contribution in [0.4, 0.5) is 5.69 Å². The molecule has 0 aliphatic carbocycles. The highest BCUT2D eigenvalue weighted by atomic mass is 35.5. The Bertz CT molecular complexity index is 1270. The van der Waals surface area contributed by atoms with Gasteiger partial charge in [0.05, 0.1) is 10.7 Å². The molecule has 4 aromatic rings. The molecule has 0 bridgehead atoms. The number of aryl methyl sites for hydroxylation is 1. The van der Waals surface area contributed by atoms with Gasteiger partial charge in [-0.2, -0.15) is 0 Å². The smallest absolute Gasteiger partial charge is 0.281 e. The molecule has 0 atom stereocenters. The van der Waals surface area contributed by atoms with Crippen molar-refractivity contribution < 1.29 is 9.53 Å². The molecule has 140 valence electrons. The highest BCUT2D eigenvalue weighted by Crippen LogP contribution is 2.20. The fourth-order valence-corrected chi connectivity index (χ4v) is 3.11. The van der Waals surface area contributed by atoms with Gasteiger partial charge in [0.15, 0.2) is 6.61 Å². The van der Waals surface area contributed by atoms with Crippen LogP contribution in [0.2, 0.25) is 5.02 Å². The molecule has 0 radical (unpaired) electrons. The predicted molar refractivity (Wildman–Crippen MR) is 109 cm³/mol. The van der Waals surface area contributed by atoms with Crippen LogP contribution >= 0.6 is 11.6 Å². The maximum atomic E-state index is 12.7. The van der Waals surface area contributed by atoms with Crippen LogP contribution in [-0.2, 0) is 4.79 Å². The number of nitrogens with zero attached hydrogens (tertiary/aromatic N) is 2. The van der Waals surface area contributed by atoms with Crippen molar-refractivity contribution in [1.29, 1.82) is 0 Å². The van der Waals surface area contributed by atoms with Gasteiger partial charge in [0, 0.05) is 6.20 Å². The van der Waals surface area contributed by atoms with Crippen LogP contribution in [0.1, 0.15) is 5.69 Å². The second kappa shape index (κ2) is 7.32. The summed E-state index contributed by atoms with van der Waals surface area (Å²) >= 11 is 5.95. The number of carbonyl (C=O) groups excluding carboxylic acids is 1. The summed E-state index contributed by atoms with van der Waals surface area (Å²) in [6.07, 6.45) is 1.47. The zero-order chi connectivity index (χ0) is 19.7. The van der Waals surface area contributed by atoms with E-state index in [0.29, 0.717) is 22.1 Å². The van der Waals surface area contributed by atoms with Gasteiger partial charge in [0.2, 0.25) is 0 Å². The molecular weight excluding hydrogens is 378 g/mol. The molecule has 0 spiro atoms. The molecule has 2 heterocycles. The topological polar surface area (TPSA) is 72.7 Å². The predicted octanol–water partition coefficient (Wildman–Crippen LogP) is 3.83. The quantitative estimate of drug-likeness (QED) is 0.572. The Labute approximate surface area is 165 Å². The minimum atomic E-state index is -0.447. The van der Waals surface area contributed by atoms with E-state index < -0.39 is 11.5 Å². The summed E-state index contributed by atoms with van der Waals surface area (Å²) in [6.45, 7) is 1.44. The number of amides is 1. The lowest BCUT2D eigenvalue weighted by molar-refractivity contribution is -0.118. The second-order valence-electron chi connectivity index (χ2n) is 6.30. The van der Waals surface area contributed by atoms with Crippen molar-refractivity contribution in [2.24, 2.45) is 0 Å². The van der Waals surface area contributed by atoms with E-state index in [1.165, 1.54) is 10.6 Å². The number of fused-ring (bicyclic) bond motifs is 2. The van der Waals surface area contributed by atoms with Gasteiger partial charge in [-0.25, -0.2) is 4.98 Å². The normalized spacial score (nSPS) is 10.9. The maximum Gasteiger partial charge on any atom is 0.281 e. The van der Waals surface area contributed by atoms with Gasteiger partial charge >= 0.3 is 0 Å². The summed E-state index contributed by atoms with van der Waals surface area (Å²) in [5.74, 6) is 0.128. The van der Waals surface area contributed by atoms with Crippen molar-refractivity contribution in [3.63, 3.8) is 0 Å². The number of carbonyl (C=O) groups is 1. The molecule has 0 saturated carbocycles. The molecule has 1 amide bonds. The molecule has 28 heavy (non-hydrogen) atoms. The van der Waals surface area contributed by atoms with E-state index in [9.17, 15) is 9.59 Å². The van der Waals surface area contributed by atoms with Gasteiger partial charge < -0.3 is 10.1 Å². The molecule has 0 aliphatic heterocycles. The minimum Gasteiger partial charge on any atom is -0.484 e. The first-order valence-electron chi connectivity index (χ1n) is 8.61. The highest BCUT2D eigenvalue weighted by Gasteiger charge is 2.13. The first-order valence-corrected chi connectivity index (χ1v) is 8.99. The summed E-state index contributed by atoms with van der Waals surface area (Å²) in [4.78, 5) is 29.3. The molecule has 2 aromatic carbocycles. The Morgan fingerprint density at radius 3 is 2.75 bits per heavy atom. The lowest BCUT2D eigenvalue weighted by Gasteiger charge is -2.11. The molecule has 1 N–H and O–H groups in total. The minimum absolute atomic E-state index is 0.104. The third kappa shape index (κ3) is 3.54. The van der Waals surface area contributed by atoms with Crippen LogP contribution in [0.15, 0.2) is 65.6 Å². The van der Waals surface area contributed by atoms with Gasteiger partial charge in [-0.3, -0.25) is 14.0 Å². The third-order valence-electron chi connectivity index (χ3n) is 4.32. The van der Waals surface area contributed by atoms with E-state index in [-0.39, 0.29) is 12.3 Å². The molecule has 0 unspecified atom stereocenters.